The molecule has 2 aliphatic rings. The van der Waals surface area contributed by atoms with E-state index < -0.39 is 10.0 Å². The lowest BCUT2D eigenvalue weighted by molar-refractivity contribution is -0.130. The minimum atomic E-state index is -3.64. The van der Waals surface area contributed by atoms with Crippen molar-refractivity contribution in [3.05, 3.63) is 18.2 Å². The Bertz CT molecular complexity index is 753. The number of nitrogens with zero attached hydrogens (tertiary/aromatic N) is 2. The second-order valence-corrected chi connectivity index (χ2v) is 8.24. The van der Waals surface area contributed by atoms with Gasteiger partial charge in [-0.25, -0.2) is 8.42 Å². The molecule has 1 aromatic rings. The van der Waals surface area contributed by atoms with Gasteiger partial charge in [-0.15, -0.1) is 0 Å². The zero-order valence-electron chi connectivity index (χ0n) is 14.9. The number of benzene rings is 1. The van der Waals surface area contributed by atoms with Crippen molar-refractivity contribution in [2.45, 2.75) is 17.7 Å². The van der Waals surface area contributed by atoms with Crippen molar-refractivity contribution >= 4 is 15.9 Å². The summed E-state index contributed by atoms with van der Waals surface area (Å²) in [4.78, 5) is 14.1. The van der Waals surface area contributed by atoms with Crippen LogP contribution in [0.15, 0.2) is 23.1 Å². The van der Waals surface area contributed by atoms with Crippen molar-refractivity contribution < 1.29 is 22.7 Å². The molecule has 1 saturated heterocycles. The van der Waals surface area contributed by atoms with Gasteiger partial charge in [-0.3, -0.25) is 4.79 Å². The second-order valence-electron chi connectivity index (χ2n) is 6.30. The maximum atomic E-state index is 13.0. The van der Waals surface area contributed by atoms with Crippen LogP contribution in [0.2, 0.25) is 0 Å². The molecular formula is C17H25N3O5S. The lowest BCUT2D eigenvalue weighted by Crippen LogP contribution is -2.38. The van der Waals surface area contributed by atoms with E-state index in [2.05, 4.69) is 5.32 Å². The van der Waals surface area contributed by atoms with E-state index in [1.165, 1.54) is 10.4 Å². The highest BCUT2D eigenvalue weighted by atomic mass is 32.2. The van der Waals surface area contributed by atoms with Gasteiger partial charge >= 0.3 is 0 Å². The highest BCUT2D eigenvalue weighted by Gasteiger charge is 2.29. The number of nitrogens with one attached hydrogen (secondary N) is 1. The fourth-order valence-corrected chi connectivity index (χ4v) is 4.59. The van der Waals surface area contributed by atoms with E-state index in [4.69, 9.17) is 9.47 Å². The Labute approximate surface area is 154 Å². The Balaban J connectivity index is 1.71. The molecule has 0 aromatic heterocycles. The van der Waals surface area contributed by atoms with Crippen molar-refractivity contribution in [3.63, 3.8) is 0 Å². The summed E-state index contributed by atoms with van der Waals surface area (Å²) in [6, 6.07) is 4.70. The minimum absolute atomic E-state index is 0.0536. The van der Waals surface area contributed by atoms with Crippen LogP contribution in [-0.4, -0.2) is 76.5 Å². The SMILES string of the molecule is CNCCC(=O)N1CCCN(S(=O)(=O)c2ccc3c(c2)OCCO3)CC1. The van der Waals surface area contributed by atoms with Gasteiger partial charge < -0.3 is 19.7 Å². The van der Waals surface area contributed by atoms with Crippen LogP contribution < -0.4 is 14.8 Å². The third kappa shape index (κ3) is 4.11. The number of rotatable bonds is 5. The highest BCUT2D eigenvalue weighted by Crippen LogP contribution is 2.33. The zero-order chi connectivity index (χ0) is 18.6. The first kappa shape index (κ1) is 18.9. The number of hydrogen-bond donors (Lipinski definition) is 1. The topological polar surface area (TPSA) is 88.2 Å². The number of amides is 1. The summed E-state index contributed by atoms with van der Waals surface area (Å²) in [5.41, 5.74) is 0. The number of carbonyl (C=O) groups excluding carboxylic acids is 1. The summed E-state index contributed by atoms with van der Waals surface area (Å²) in [5.74, 6) is 1.07. The first-order valence-corrected chi connectivity index (χ1v) is 10.3. The summed E-state index contributed by atoms with van der Waals surface area (Å²) in [6.45, 7) is 3.16. The number of fused-ring (bicyclic) bond motifs is 1. The summed E-state index contributed by atoms with van der Waals surface area (Å²) < 4.78 is 38.4. The van der Waals surface area contributed by atoms with Crippen molar-refractivity contribution in [2.24, 2.45) is 0 Å². The van der Waals surface area contributed by atoms with Crippen molar-refractivity contribution in [3.8, 4) is 11.5 Å². The van der Waals surface area contributed by atoms with Crippen LogP contribution in [0.25, 0.3) is 0 Å². The van der Waals surface area contributed by atoms with Crippen LogP contribution in [0.4, 0.5) is 0 Å². The molecule has 1 amide bonds. The van der Waals surface area contributed by atoms with E-state index in [9.17, 15) is 13.2 Å². The Kier molecular flexibility index (Phi) is 6.00. The summed E-state index contributed by atoms with van der Waals surface area (Å²) in [6.07, 6.45) is 1.04. The van der Waals surface area contributed by atoms with Gasteiger partial charge in [0.25, 0.3) is 0 Å². The van der Waals surface area contributed by atoms with Crippen LogP contribution >= 0.6 is 0 Å². The molecule has 144 valence electrons. The van der Waals surface area contributed by atoms with Crippen molar-refractivity contribution in [1.82, 2.24) is 14.5 Å². The Morgan fingerprint density at radius 2 is 1.88 bits per heavy atom. The molecule has 9 heteroatoms. The monoisotopic (exact) mass is 383 g/mol. The maximum Gasteiger partial charge on any atom is 0.243 e. The quantitative estimate of drug-likeness (QED) is 0.786. The predicted molar refractivity (Wildman–Crippen MR) is 95.9 cm³/mol. The van der Waals surface area contributed by atoms with Gasteiger partial charge in [0, 0.05) is 45.2 Å². The largest absolute Gasteiger partial charge is 0.486 e. The van der Waals surface area contributed by atoms with Crippen molar-refractivity contribution in [1.29, 1.82) is 0 Å². The van der Waals surface area contributed by atoms with E-state index in [1.54, 1.807) is 24.1 Å². The molecule has 0 spiro atoms. The van der Waals surface area contributed by atoms with Gasteiger partial charge in [-0.2, -0.15) is 4.31 Å². The lowest BCUT2D eigenvalue weighted by atomic mass is 10.3. The third-order valence-electron chi connectivity index (χ3n) is 4.55. The molecule has 0 bridgehead atoms. The van der Waals surface area contributed by atoms with Crippen LogP contribution in [0.5, 0.6) is 11.5 Å². The number of sulfonamides is 1. The molecule has 26 heavy (non-hydrogen) atoms. The smallest absolute Gasteiger partial charge is 0.243 e. The number of hydrogen-bond acceptors (Lipinski definition) is 6. The van der Waals surface area contributed by atoms with Crippen LogP contribution in [0, 0.1) is 0 Å². The van der Waals surface area contributed by atoms with Gasteiger partial charge in [0.05, 0.1) is 4.90 Å². The van der Waals surface area contributed by atoms with Gasteiger partial charge in [-0.05, 0) is 25.6 Å². The molecular weight excluding hydrogens is 358 g/mol. The van der Waals surface area contributed by atoms with E-state index in [0.717, 1.165) is 0 Å². The van der Waals surface area contributed by atoms with E-state index >= 15 is 0 Å². The first-order valence-electron chi connectivity index (χ1n) is 8.84. The molecule has 1 aromatic carbocycles. The fourth-order valence-electron chi connectivity index (χ4n) is 3.11. The first-order chi connectivity index (χ1) is 12.5. The molecule has 2 aliphatic heterocycles. The molecule has 0 radical (unpaired) electrons. The van der Waals surface area contributed by atoms with E-state index in [-0.39, 0.29) is 10.8 Å². The van der Waals surface area contributed by atoms with Gasteiger partial charge in [0.15, 0.2) is 11.5 Å². The predicted octanol–water partition coefficient (Wildman–Crippen LogP) is 0.290. The van der Waals surface area contributed by atoms with Crippen LogP contribution in [0.1, 0.15) is 12.8 Å². The lowest BCUT2D eigenvalue weighted by Gasteiger charge is -2.23. The molecule has 0 atom stereocenters. The summed E-state index contributed by atoms with van der Waals surface area (Å²) in [7, 11) is -1.83. The minimum Gasteiger partial charge on any atom is -0.486 e. The average Bonchev–Trinajstić information content (AvgIpc) is 2.92. The number of carbonyl (C=O) groups is 1. The average molecular weight is 383 g/mol. The molecule has 1 N–H and O–H groups in total. The molecule has 0 unspecified atom stereocenters. The Hall–Kier alpha value is -1.84. The normalized spacial score (nSPS) is 18.4. The van der Waals surface area contributed by atoms with Gasteiger partial charge in [-0.1, -0.05) is 0 Å². The summed E-state index contributed by atoms with van der Waals surface area (Å²) in [5, 5.41) is 2.96. The van der Waals surface area contributed by atoms with Crippen LogP contribution in [-0.2, 0) is 14.8 Å². The third-order valence-corrected chi connectivity index (χ3v) is 6.44. The number of ether oxygens (including phenoxy) is 2. The molecule has 0 aliphatic carbocycles. The highest BCUT2D eigenvalue weighted by molar-refractivity contribution is 7.89. The van der Waals surface area contributed by atoms with E-state index in [1.807, 2.05) is 0 Å². The molecule has 0 saturated carbocycles. The van der Waals surface area contributed by atoms with Crippen molar-refractivity contribution in [2.75, 3.05) is 53.0 Å². The van der Waals surface area contributed by atoms with E-state index in [0.29, 0.717) is 70.3 Å². The molecule has 1 fully saturated rings. The maximum absolute atomic E-state index is 13.0. The Morgan fingerprint density at radius 1 is 1.12 bits per heavy atom. The zero-order valence-corrected chi connectivity index (χ0v) is 15.8. The van der Waals surface area contributed by atoms with Crippen LogP contribution in [0.3, 0.4) is 0 Å². The molecule has 3 rings (SSSR count). The van der Waals surface area contributed by atoms with Gasteiger partial charge in [0.1, 0.15) is 13.2 Å². The Morgan fingerprint density at radius 3 is 2.65 bits per heavy atom. The second kappa shape index (κ2) is 8.24. The molecule has 8 nitrogen and oxygen atoms in total. The fraction of sp³-hybridized carbons (Fsp3) is 0.588. The summed E-state index contributed by atoms with van der Waals surface area (Å²) >= 11 is 0. The standard InChI is InChI=1S/C17H25N3O5S/c1-18-6-5-17(21)19-7-2-8-20(10-9-19)26(22,23)14-3-4-15-16(13-14)25-12-11-24-15/h3-4,13,18H,2,5-12H2,1H3. The molecule has 2 heterocycles. The van der Waals surface area contributed by atoms with Gasteiger partial charge in [0.2, 0.25) is 15.9 Å².